The number of pyridine rings is 1. The highest BCUT2D eigenvalue weighted by Gasteiger charge is 2.21. The molecule has 0 saturated carbocycles. The number of aromatic amines is 1. The third kappa shape index (κ3) is 4.10. The Balaban J connectivity index is 1.75. The lowest BCUT2D eigenvalue weighted by molar-refractivity contribution is 0.0952. The fourth-order valence-electron chi connectivity index (χ4n) is 3.63. The number of rotatable bonds is 6. The minimum Gasteiger partial charge on any atom is -0.454 e. The number of nitrogens with one attached hydrogen (secondary N) is 2. The molecule has 0 spiro atoms. The molecular weight excluding hydrogens is 412 g/mol. The van der Waals surface area contributed by atoms with Crippen LogP contribution < -0.4 is 26.0 Å². The second-order valence-corrected chi connectivity index (χ2v) is 8.58. The molecule has 1 amide bonds. The zero-order chi connectivity index (χ0) is 23.0. The van der Waals surface area contributed by atoms with Crippen molar-refractivity contribution in [1.82, 2.24) is 19.9 Å². The average Bonchev–Trinajstić information content (AvgIpc) is 3.21. The van der Waals surface area contributed by atoms with Crippen LogP contribution in [0.4, 0.5) is 0 Å². The Bertz CT molecular complexity index is 1310. The van der Waals surface area contributed by atoms with Gasteiger partial charge in [0.25, 0.3) is 11.5 Å². The maximum Gasteiger partial charge on any atom is 0.330 e. The third-order valence-corrected chi connectivity index (χ3v) is 5.24. The molecule has 1 aliphatic heterocycles. The number of carbonyl (C=O) groups excluding carboxylic acids is 1. The molecule has 0 atom stereocenters. The maximum absolute atomic E-state index is 13.2. The van der Waals surface area contributed by atoms with E-state index >= 15 is 0 Å². The van der Waals surface area contributed by atoms with Crippen LogP contribution in [0.15, 0.2) is 33.9 Å². The highest BCUT2D eigenvalue weighted by atomic mass is 16.7. The number of benzene rings is 1. The monoisotopic (exact) mass is 438 g/mol. The van der Waals surface area contributed by atoms with Gasteiger partial charge in [-0.25, -0.2) is 9.78 Å². The van der Waals surface area contributed by atoms with Crippen LogP contribution in [0, 0.1) is 5.92 Å². The van der Waals surface area contributed by atoms with E-state index in [0.29, 0.717) is 23.7 Å². The van der Waals surface area contributed by atoms with Gasteiger partial charge < -0.3 is 14.8 Å². The first-order chi connectivity index (χ1) is 15.2. The number of fused-ring (bicyclic) bond motifs is 2. The van der Waals surface area contributed by atoms with Crippen LogP contribution in [0.5, 0.6) is 11.5 Å². The predicted octanol–water partition coefficient (Wildman–Crippen LogP) is 2.52. The molecule has 4 rings (SSSR count). The van der Waals surface area contributed by atoms with E-state index in [1.165, 1.54) is 4.57 Å². The van der Waals surface area contributed by atoms with Crippen LogP contribution in [0.25, 0.3) is 11.0 Å². The molecule has 168 valence electrons. The first-order valence-electron chi connectivity index (χ1n) is 10.6. The van der Waals surface area contributed by atoms with Gasteiger partial charge >= 0.3 is 5.69 Å². The molecule has 0 radical (unpaired) electrons. The molecule has 9 heteroatoms. The van der Waals surface area contributed by atoms with Crippen LogP contribution in [0.1, 0.15) is 55.2 Å². The van der Waals surface area contributed by atoms with Gasteiger partial charge in [0.2, 0.25) is 6.79 Å². The Morgan fingerprint density at radius 1 is 1.16 bits per heavy atom. The molecule has 0 unspecified atom stereocenters. The van der Waals surface area contributed by atoms with Crippen molar-refractivity contribution in [2.45, 2.75) is 46.7 Å². The van der Waals surface area contributed by atoms with Crippen LogP contribution in [-0.2, 0) is 13.1 Å². The van der Waals surface area contributed by atoms with Gasteiger partial charge in [0.15, 0.2) is 17.1 Å². The number of hydrogen-bond donors (Lipinski definition) is 2. The molecular formula is C23H26N4O5. The van der Waals surface area contributed by atoms with Crippen molar-refractivity contribution in [2.75, 3.05) is 6.79 Å². The Morgan fingerprint density at radius 2 is 1.91 bits per heavy atom. The fraction of sp³-hybridized carbons (Fsp3) is 0.391. The average molecular weight is 438 g/mol. The maximum atomic E-state index is 13.2. The summed E-state index contributed by atoms with van der Waals surface area (Å²) in [7, 11) is 0. The Kier molecular flexibility index (Phi) is 5.73. The zero-order valence-electron chi connectivity index (χ0n) is 18.5. The Morgan fingerprint density at radius 3 is 2.62 bits per heavy atom. The van der Waals surface area contributed by atoms with Gasteiger partial charge in [-0.05, 0) is 35.6 Å². The summed E-state index contributed by atoms with van der Waals surface area (Å²) in [6.45, 7) is 8.61. The van der Waals surface area contributed by atoms with Crippen molar-refractivity contribution in [3.8, 4) is 11.5 Å². The molecule has 3 heterocycles. The van der Waals surface area contributed by atoms with E-state index in [2.05, 4.69) is 15.3 Å². The summed E-state index contributed by atoms with van der Waals surface area (Å²) in [4.78, 5) is 45.3. The van der Waals surface area contributed by atoms with Crippen LogP contribution >= 0.6 is 0 Å². The molecule has 32 heavy (non-hydrogen) atoms. The molecule has 1 aromatic carbocycles. The number of aromatic nitrogens is 3. The van der Waals surface area contributed by atoms with Crippen LogP contribution in [0.2, 0.25) is 0 Å². The van der Waals surface area contributed by atoms with E-state index in [9.17, 15) is 14.4 Å². The van der Waals surface area contributed by atoms with Gasteiger partial charge in [-0.3, -0.25) is 19.1 Å². The molecule has 0 bridgehead atoms. The second kappa shape index (κ2) is 8.49. The third-order valence-electron chi connectivity index (χ3n) is 5.24. The standard InChI is InChI=1S/C23H26N4O5/c1-12(2)10-27-20-19(22(29)26-23(27)30)15(8-16(25-20)13(3)4)21(28)24-9-14-5-6-17-18(7-14)32-11-31-17/h5-8,12-13H,9-11H2,1-4H3,(H,24,28)(H,26,29,30). The van der Waals surface area contributed by atoms with Gasteiger partial charge in [-0.2, -0.15) is 0 Å². The van der Waals surface area contributed by atoms with E-state index in [-0.39, 0.29) is 41.8 Å². The Hall–Kier alpha value is -3.62. The number of nitrogens with zero attached hydrogens (tertiary/aromatic N) is 2. The summed E-state index contributed by atoms with van der Waals surface area (Å²) in [6, 6.07) is 7.06. The molecule has 2 aromatic heterocycles. The molecule has 0 saturated heterocycles. The number of H-pyrrole nitrogens is 1. The van der Waals surface area contributed by atoms with Gasteiger partial charge in [0.1, 0.15) is 0 Å². The van der Waals surface area contributed by atoms with Crippen molar-refractivity contribution >= 4 is 16.9 Å². The van der Waals surface area contributed by atoms with Crippen LogP contribution in [0.3, 0.4) is 0 Å². The van der Waals surface area contributed by atoms with Gasteiger partial charge in [-0.1, -0.05) is 33.8 Å². The van der Waals surface area contributed by atoms with Crippen LogP contribution in [-0.4, -0.2) is 27.2 Å². The van der Waals surface area contributed by atoms with Gasteiger partial charge in [0, 0.05) is 18.8 Å². The molecule has 0 aliphatic carbocycles. The van der Waals surface area contributed by atoms with E-state index in [4.69, 9.17) is 9.47 Å². The summed E-state index contributed by atoms with van der Waals surface area (Å²) in [5.74, 6) is 1.02. The van der Waals surface area contributed by atoms with Crippen molar-refractivity contribution in [1.29, 1.82) is 0 Å². The van der Waals surface area contributed by atoms with Gasteiger partial charge in [-0.15, -0.1) is 0 Å². The molecule has 1 aliphatic rings. The normalized spacial score (nSPS) is 12.7. The predicted molar refractivity (Wildman–Crippen MR) is 119 cm³/mol. The van der Waals surface area contributed by atoms with Crippen molar-refractivity contribution in [2.24, 2.45) is 5.92 Å². The van der Waals surface area contributed by atoms with E-state index in [1.807, 2.05) is 33.8 Å². The topological polar surface area (TPSA) is 115 Å². The minimum atomic E-state index is -0.624. The smallest absolute Gasteiger partial charge is 0.330 e. The molecule has 9 nitrogen and oxygen atoms in total. The SMILES string of the molecule is CC(C)Cn1c(=O)[nH]c(=O)c2c(C(=O)NCc3ccc4c(c3)OCO4)cc(C(C)C)nc21. The Labute approximate surface area is 184 Å². The number of ether oxygens (including phenoxy) is 2. The van der Waals surface area contributed by atoms with Crippen molar-refractivity contribution in [3.05, 3.63) is 61.9 Å². The summed E-state index contributed by atoms with van der Waals surface area (Å²) < 4.78 is 12.1. The highest BCUT2D eigenvalue weighted by Crippen LogP contribution is 2.32. The van der Waals surface area contributed by atoms with E-state index in [0.717, 1.165) is 5.56 Å². The molecule has 2 N–H and O–H groups in total. The van der Waals surface area contributed by atoms with E-state index in [1.54, 1.807) is 18.2 Å². The lowest BCUT2D eigenvalue weighted by atomic mass is 10.0. The van der Waals surface area contributed by atoms with E-state index < -0.39 is 17.2 Å². The number of carbonyl (C=O) groups is 1. The van der Waals surface area contributed by atoms with Crippen molar-refractivity contribution < 1.29 is 14.3 Å². The lowest BCUT2D eigenvalue weighted by Gasteiger charge is -2.16. The lowest BCUT2D eigenvalue weighted by Crippen LogP contribution is -2.34. The zero-order valence-corrected chi connectivity index (χ0v) is 18.5. The quantitative estimate of drug-likeness (QED) is 0.611. The number of amides is 1. The summed E-state index contributed by atoms with van der Waals surface area (Å²) in [5.41, 5.74) is 0.728. The first-order valence-corrected chi connectivity index (χ1v) is 10.6. The highest BCUT2D eigenvalue weighted by molar-refractivity contribution is 6.05. The fourth-order valence-corrected chi connectivity index (χ4v) is 3.63. The number of hydrogen-bond acceptors (Lipinski definition) is 6. The first kappa shape index (κ1) is 21.6. The molecule has 0 fully saturated rings. The largest absolute Gasteiger partial charge is 0.454 e. The minimum absolute atomic E-state index is 0.00157. The van der Waals surface area contributed by atoms with Gasteiger partial charge in [0.05, 0.1) is 10.9 Å². The summed E-state index contributed by atoms with van der Waals surface area (Å²) in [6.07, 6.45) is 0. The summed E-state index contributed by atoms with van der Waals surface area (Å²) >= 11 is 0. The summed E-state index contributed by atoms with van der Waals surface area (Å²) in [5, 5.41) is 2.97. The van der Waals surface area contributed by atoms with Crippen molar-refractivity contribution in [3.63, 3.8) is 0 Å². The molecule has 3 aromatic rings. The second-order valence-electron chi connectivity index (χ2n) is 8.58.